The number of ether oxygens (including phenoxy) is 1. The number of amides is 1. The second kappa shape index (κ2) is 5.17. The first-order chi connectivity index (χ1) is 9.29. The van der Waals surface area contributed by atoms with Crippen molar-refractivity contribution >= 4 is 5.91 Å². The van der Waals surface area contributed by atoms with Crippen molar-refractivity contribution in [1.82, 2.24) is 15.1 Å². The monoisotopic (exact) mass is 261 g/mol. The van der Waals surface area contributed by atoms with Crippen LogP contribution in [0.5, 0.6) is 0 Å². The van der Waals surface area contributed by atoms with Gasteiger partial charge in [-0.05, 0) is 25.3 Å². The summed E-state index contributed by atoms with van der Waals surface area (Å²) in [5.74, 6) is 0.0532. The van der Waals surface area contributed by atoms with Crippen molar-refractivity contribution in [3.05, 3.63) is 30.1 Å². The predicted molar refractivity (Wildman–Crippen MR) is 70.7 cm³/mol. The molecule has 0 atom stereocenters. The molecule has 0 radical (unpaired) electrons. The number of aromatic nitrogens is 2. The van der Waals surface area contributed by atoms with Gasteiger partial charge in [-0.25, -0.2) is 0 Å². The van der Waals surface area contributed by atoms with Crippen molar-refractivity contribution < 1.29 is 9.53 Å². The second-order valence-corrected chi connectivity index (χ2v) is 5.45. The lowest BCUT2D eigenvalue weighted by Gasteiger charge is -2.40. The lowest BCUT2D eigenvalue weighted by Crippen LogP contribution is -2.44. The van der Waals surface area contributed by atoms with Gasteiger partial charge in [0.25, 0.3) is 5.91 Å². The van der Waals surface area contributed by atoms with E-state index in [-0.39, 0.29) is 11.3 Å². The molecule has 3 heterocycles. The van der Waals surface area contributed by atoms with Crippen LogP contribution in [0.4, 0.5) is 0 Å². The van der Waals surface area contributed by atoms with Crippen LogP contribution in [0.1, 0.15) is 29.8 Å². The van der Waals surface area contributed by atoms with E-state index < -0.39 is 0 Å². The molecule has 1 saturated heterocycles. The number of likely N-dealkylation sites (tertiary alicyclic amines) is 1. The van der Waals surface area contributed by atoms with Gasteiger partial charge in [-0.3, -0.25) is 9.89 Å². The first-order valence-electron chi connectivity index (χ1n) is 6.81. The lowest BCUT2D eigenvalue weighted by molar-refractivity contribution is 0.0161. The van der Waals surface area contributed by atoms with Gasteiger partial charge in [0.1, 0.15) is 5.69 Å². The van der Waals surface area contributed by atoms with Crippen molar-refractivity contribution in [2.75, 3.05) is 26.3 Å². The number of allylic oxidation sites excluding steroid dienone is 1. The first-order valence-corrected chi connectivity index (χ1v) is 6.81. The molecule has 1 aromatic heterocycles. The molecule has 1 N–H and O–H groups in total. The van der Waals surface area contributed by atoms with Crippen molar-refractivity contribution in [3.63, 3.8) is 0 Å². The largest absolute Gasteiger partial charge is 0.377 e. The zero-order valence-corrected chi connectivity index (χ0v) is 11.0. The van der Waals surface area contributed by atoms with Crippen LogP contribution in [0.3, 0.4) is 0 Å². The molecule has 1 aromatic rings. The van der Waals surface area contributed by atoms with Crippen molar-refractivity contribution in [1.29, 1.82) is 0 Å². The quantitative estimate of drug-likeness (QED) is 0.781. The number of hydrogen-bond donors (Lipinski definition) is 1. The Labute approximate surface area is 112 Å². The summed E-state index contributed by atoms with van der Waals surface area (Å²) in [5.41, 5.74) is 0.811. The zero-order valence-electron chi connectivity index (χ0n) is 11.0. The molecular weight excluding hydrogens is 242 g/mol. The Morgan fingerprint density at radius 3 is 2.95 bits per heavy atom. The van der Waals surface area contributed by atoms with E-state index in [0.29, 0.717) is 5.69 Å². The molecule has 1 fully saturated rings. The molecule has 2 aliphatic rings. The van der Waals surface area contributed by atoms with Gasteiger partial charge in [-0.1, -0.05) is 12.2 Å². The molecule has 2 aliphatic heterocycles. The number of H-pyrrole nitrogens is 1. The number of nitrogens with zero attached hydrogens (tertiary/aromatic N) is 2. The molecular formula is C14H19N3O2. The highest BCUT2D eigenvalue weighted by atomic mass is 16.5. The Morgan fingerprint density at radius 2 is 2.21 bits per heavy atom. The molecule has 5 heteroatoms. The Hall–Kier alpha value is -1.62. The average Bonchev–Trinajstić information content (AvgIpc) is 2.88. The number of hydrogen-bond acceptors (Lipinski definition) is 3. The highest BCUT2D eigenvalue weighted by Gasteiger charge is 2.36. The van der Waals surface area contributed by atoms with Gasteiger partial charge in [0.15, 0.2) is 0 Å². The maximum absolute atomic E-state index is 12.2. The molecule has 102 valence electrons. The minimum atomic E-state index is 0.0532. The normalized spacial score (nSPS) is 22.4. The van der Waals surface area contributed by atoms with Crippen LogP contribution in [0.2, 0.25) is 0 Å². The third-order valence-corrected chi connectivity index (χ3v) is 4.18. The minimum Gasteiger partial charge on any atom is -0.377 e. The fourth-order valence-corrected chi connectivity index (χ4v) is 2.88. The smallest absolute Gasteiger partial charge is 0.271 e. The minimum absolute atomic E-state index is 0.0532. The second-order valence-electron chi connectivity index (χ2n) is 5.45. The van der Waals surface area contributed by atoms with Crippen molar-refractivity contribution in [3.8, 4) is 0 Å². The summed E-state index contributed by atoms with van der Waals surface area (Å²) >= 11 is 0. The number of aromatic amines is 1. The maximum Gasteiger partial charge on any atom is 0.271 e. The van der Waals surface area contributed by atoms with Crippen LogP contribution in [-0.2, 0) is 4.74 Å². The van der Waals surface area contributed by atoms with E-state index in [1.807, 2.05) is 4.90 Å². The van der Waals surface area contributed by atoms with Gasteiger partial charge in [-0.15, -0.1) is 0 Å². The van der Waals surface area contributed by atoms with E-state index in [2.05, 4.69) is 22.3 Å². The van der Waals surface area contributed by atoms with Gasteiger partial charge >= 0.3 is 0 Å². The molecule has 0 aromatic carbocycles. The summed E-state index contributed by atoms with van der Waals surface area (Å²) in [6.07, 6.45) is 9.02. The molecule has 5 nitrogen and oxygen atoms in total. The molecule has 0 aliphatic carbocycles. The van der Waals surface area contributed by atoms with Crippen LogP contribution < -0.4 is 0 Å². The number of rotatable bonds is 1. The summed E-state index contributed by atoms with van der Waals surface area (Å²) in [6, 6.07) is 1.73. The Morgan fingerprint density at radius 1 is 1.37 bits per heavy atom. The fraction of sp³-hybridized carbons (Fsp3) is 0.571. The van der Waals surface area contributed by atoms with Crippen molar-refractivity contribution in [2.24, 2.45) is 5.41 Å². The van der Waals surface area contributed by atoms with Crippen LogP contribution in [0.25, 0.3) is 0 Å². The topological polar surface area (TPSA) is 58.2 Å². The number of carbonyl (C=O) groups excluding carboxylic acids is 1. The van der Waals surface area contributed by atoms with Gasteiger partial charge < -0.3 is 9.64 Å². The molecule has 1 amide bonds. The van der Waals surface area contributed by atoms with Crippen LogP contribution in [0, 0.1) is 5.41 Å². The average molecular weight is 261 g/mol. The molecule has 0 saturated carbocycles. The summed E-state index contributed by atoms with van der Waals surface area (Å²) in [4.78, 5) is 14.1. The molecule has 0 bridgehead atoms. The van der Waals surface area contributed by atoms with Gasteiger partial charge in [0.2, 0.25) is 0 Å². The number of nitrogens with one attached hydrogen (secondary N) is 1. The van der Waals surface area contributed by atoms with E-state index in [1.165, 1.54) is 0 Å². The van der Waals surface area contributed by atoms with E-state index in [0.717, 1.165) is 45.6 Å². The summed E-state index contributed by atoms with van der Waals surface area (Å²) in [5, 5.41) is 6.57. The fourth-order valence-electron chi connectivity index (χ4n) is 2.88. The van der Waals surface area contributed by atoms with Gasteiger partial charge in [0, 0.05) is 24.7 Å². The Bertz CT molecular complexity index is 459. The molecule has 19 heavy (non-hydrogen) atoms. The Kier molecular flexibility index (Phi) is 3.38. The van der Waals surface area contributed by atoms with E-state index in [4.69, 9.17) is 4.74 Å². The van der Waals surface area contributed by atoms with Gasteiger partial charge in [0.05, 0.1) is 13.2 Å². The lowest BCUT2D eigenvalue weighted by atomic mass is 9.76. The third-order valence-electron chi connectivity index (χ3n) is 4.18. The SMILES string of the molecule is O=C(c1ccn[nH]1)N1CCC2(CC=CCOC2)CC1. The van der Waals surface area contributed by atoms with E-state index >= 15 is 0 Å². The number of carbonyl (C=O) groups is 1. The van der Waals surface area contributed by atoms with Gasteiger partial charge in [-0.2, -0.15) is 5.10 Å². The van der Waals surface area contributed by atoms with Crippen LogP contribution in [0.15, 0.2) is 24.4 Å². The van der Waals surface area contributed by atoms with Crippen LogP contribution >= 0.6 is 0 Å². The van der Waals surface area contributed by atoms with E-state index in [9.17, 15) is 4.79 Å². The summed E-state index contributed by atoms with van der Waals surface area (Å²) in [7, 11) is 0. The Balaban J connectivity index is 1.63. The summed E-state index contributed by atoms with van der Waals surface area (Å²) < 4.78 is 5.65. The standard InChI is InChI=1S/C14H19N3O2/c18-13(12-3-7-15-16-12)17-8-5-14(6-9-17)4-1-2-10-19-11-14/h1-3,7H,4-6,8-11H2,(H,15,16). The molecule has 1 spiro atoms. The zero-order chi connectivity index (χ0) is 13.1. The molecule has 0 unspecified atom stereocenters. The highest BCUT2D eigenvalue weighted by Crippen LogP contribution is 2.37. The maximum atomic E-state index is 12.2. The van der Waals surface area contributed by atoms with Crippen LogP contribution in [-0.4, -0.2) is 47.3 Å². The third kappa shape index (κ3) is 2.56. The number of piperidine rings is 1. The summed E-state index contributed by atoms with van der Waals surface area (Å²) in [6.45, 7) is 3.13. The molecule has 3 rings (SSSR count). The first kappa shape index (κ1) is 12.4. The predicted octanol–water partition coefficient (Wildman–Crippen LogP) is 1.61. The highest BCUT2D eigenvalue weighted by molar-refractivity contribution is 5.92. The van der Waals surface area contributed by atoms with E-state index in [1.54, 1.807) is 12.3 Å². The van der Waals surface area contributed by atoms with Crippen molar-refractivity contribution in [2.45, 2.75) is 19.3 Å².